The van der Waals surface area contributed by atoms with Gasteiger partial charge in [-0.15, -0.1) is 0 Å². The summed E-state index contributed by atoms with van der Waals surface area (Å²) >= 11 is 0. The first kappa shape index (κ1) is 14.4. The molecular weight excluding hydrogens is 316 g/mol. The Kier molecular flexibility index (Phi) is 2.76. The Morgan fingerprint density at radius 3 is 2.24 bits per heavy atom. The Labute approximate surface area is 144 Å². The molecule has 5 nitrogen and oxygen atoms in total. The van der Waals surface area contributed by atoms with Crippen LogP contribution in [0.3, 0.4) is 0 Å². The third-order valence-corrected chi connectivity index (χ3v) is 5.87. The van der Waals surface area contributed by atoms with Crippen molar-refractivity contribution in [3.8, 4) is 0 Å². The number of carbonyl (C=O) groups excluding carboxylic acids is 3. The quantitative estimate of drug-likeness (QED) is 0.641. The number of fused-ring (bicyclic) bond motifs is 1. The van der Waals surface area contributed by atoms with Gasteiger partial charge in [0.1, 0.15) is 5.78 Å². The molecule has 0 aromatic heterocycles. The molecule has 1 saturated heterocycles. The van der Waals surface area contributed by atoms with Crippen LogP contribution in [-0.4, -0.2) is 17.6 Å². The molecule has 5 heteroatoms. The van der Waals surface area contributed by atoms with Gasteiger partial charge in [-0.2, -0.15) is 0 Å². The van der Waals surface area contributed by atoms with Crippen LogP contribution in [0.4, 0.5) is 11.4 Å². The molecule has 2 bridgehead atoms. The number of imide groups is 1. The average Bonchev–Trinajstić information content (AvgIpc) is 2.88. The van der Waals surface area contributed by atoms with Crippen LogP contribution in [0, 0.1) is 11.8 Å². The Hall–Kier alpha value is -2.95. The van der Waals surface area contributed by atoms with Gasteiger partial charge in [-0.1, -0.05) is 36.4 Å². The first-order valence-electron chi connectivity index (χ1n) is 8.43. The van der Waals surface area contributed by atoms with Gasteiger partial charge in [0.25, 0.3) is 0 Å². The maximum atomic E-state index is 13.1. The SMILES string of the molecule is Nc1ccccc1N1C(=O)[C@H]2[C@H](C1=O)[C@H]1C(=O)C[C@@H]2c2ccccc21. The molecule has 2 fully saturated rings. The van der Waals surface area contributed by atoms with Gasteiger partial charge in [0.15, 0.2) is 0 Å². The van der Waals surface area contributed by atoms with Gasteiger partial charge >= 0.3 is 0 Å². The maximum Gasteiger partial charge on any atom is 0.238 e. The Morgan fingerprint density at radius 1 is 0.840 bits per heavy atom. The minimum atomic E-state index is -0.603. The summed E-state index contributed by atoms with van der Waals surface area (Å²) in [7, 11) is 0. The van der Waals surface area contributed by atoms with Crippen molar-refractivity contribution in [3.63, 3.8) is 0 Å². The standard InChI is InChI=1S/C20H16N2O3/c21-13-7-3-4-8-14(13)22-19(24)17-12-9-15(23)16(18(17)20(22)25)11-6-2-1-5-10(11)12/h1-8,12,16-18H,9,21H2/t12-,16-,17-,18-/m1/s1. The lowest BCUT2D eigenvalue weighted by Crippen LogP contribution is -2.44. The second kappa shape index (κ2) is 4.79. The van der Waals surface area contributed by atoms with Crippen molar-refractivity contribution < 1.29 is 14.4 Å². The third kappa shape index (κ3) is 1.70. The molecule has 2 amide bonds. The molecule has 124 valence electrons. The summed E-state index contributed by atoms with van der Waals surface area (Å²) in [6, 6.07) is 14.6. The van der Waals surface area contributed by atoms with Crippen LogP contribution < -0.4 is 10.6 Å². The summed E-state index contributed by atoms with van der Waals surface area (Å²) in [6.07, 6.45) is 0.333. The molecule has 1 saturated carbocycles. The normalized spacial score (nSPS) is 29.8. The first-order chi connectivity index (χ1) is 12.1. The lowest BCUT2D eigenvalue weighted by molar-refractivity contribution is -0.134. The molecule has 0 spiro atoms. The minimum Gasteiger partial charge on any atom is -0.397 e. The van der Waals surface area contributed by atoms with E-state index in [1.165, 1.54) is 4.90 Å². The molecule has 2 N–H and O–H groups in total. The number of nitrogens with two attached hydrogens (primary N) is 1. The van der Waals surface area contributed by atoms with E-state index < -0.39 is 17.8 Å². The molecular formula is C20H16N2O3. The van der Waals surface area contributed by atoms with E-state index in [9.17, 15) is 14.4 Å². The second-order valence-electron chi connectivity index (χ2n) is 7.01. The van der Waals surface area contributed by atoms with Crippen LogP contribution in [-0.2, 0) is 14.4 Å². The van der Waals surface area contributed by atoms with Crippen LogP contribution >= 0.6 is 0 Å². The van der Waals surface area contributed by atoms with Crippen molar-refractivity contribution in [2.45, 2.75) is 18.3 Å². The van der Waals surface area contributed by atoms with E-state index in [-0.39, 0.29) is 23.5 Å². The molecule has 2 aromatic carbocycles. The Morgan fingerprint density at radius 2 is 1.48 bits per heavy atom. The predicted molar refractivity (Wildman–Crippen MR) is 91.9 cm³/mol. The van der Waals surface area contributed by atoms with E-state index in [0.29, 0.717) is 17.8 Å². The predicted octanol–water partition coefficient (Wildman–Crippen LogP) is 2.23. The number of anilines is 2. The highest BCUT2D eigenvalue weighted by Crippen LogP contribution is 2.57. The lowest BCUT2D eigenvalue weighted by atomic mass is 9.56. The van der Waals surface area contributed by atoms with Crippen molar-refractivity contribution in [3.05, 3.63) is 59.7 Å². The number of amides is 2. The van der Waals surface area contributed by atoms with Crippen molar-refractivity contribution in [1.82, 2.24) is 0 Å². The van der Waals surface area contributed by atoms with E-state index in [1.54, 1.807) is 24.3 Å². The summed E-state index contributed by atoms with van der Waals surface area (Å²) < 4.78 is 0. The molecule has 0 radical (unpaired) electrons. The Balaban J connectivity index is 1.68. The van der Waals surface area contributed by atoms with Crippen molar-refractivity contribution in [1.29, 1.82) is 0 Å². The van der Waals surface area contributed by atoms with E-state index in [4.69, 9.17) is 5.73 Å². The molecule has 6 rings (SSSR count). The van der Waals surface area contributed by atoms with Gasteiger partial charge in [-0.25, -0.2) is 4.90 Å². The van der Waals surface area contributed by atoms with Crippen molar-refractivity contribution in [2.75, 3.05) is 10.6 Å². The number of para-hydroxylation sites is 2. The number of rotatable bonds is 1. The van der Waals surface area contributed by atoms with Crippen LogP contribution in [0.5, 0.6) is 0 Å². The number of ketones is 1. The Bertz CT molecular complexity index is 951. The molecule has 25 heavy (non-hydrogen) atoms. The number of carbonyl (C=O) groups is 3. The van der Waals surface area contributed by atoms with E-state index in [0.717, 1.165) is 11.1 Å². The highest BCUT2D eigenvalue weighted by Gasteiger charge is 2.62. The third-order valence-electron chi connectivity index (χ3n) is 5.87. The highest BCUT2D eigenvalue weighted by molar-refractivity contribution is 6.25. The summed E-state index contributed by atoms with van der Waals surface area (Å²) in [4.78, 5) is 40.1. The molecule has 3 aliphatic carbocycles. The zero-order chi connectivity index (χ0) is 17.3. The van der Waals surface area contributed by atoms with Crippen LogP contribution in [0.2, 0.25) is 0 Å². The van der Waals surface area contributed by atoms with Gasteiger partial charge in [-0.05, 0) is 23.3 Å². The number of benzene rings is 2. The topological polar surface area (TPSA) is 80.5 Å². The van der Waals surface area contributed by atoms with E-state index in [1.807, 2.05) is 24.3 Å². The second-order valence-corrected chi connectivity index (χ2v) is 7.01. The van der Waals surface area contributed by atoms with Gasteiger partial charge < -0.3 is 5.73 Å². The molecule has 1 heterocycles. The van der Waals surface area contributed by atoms with Crippen molar-refractivity contribution >= 4 is 29.0 Å². The van der Waals surface area contributed by atoms with E-state index >= 15 is 0 Å². The number of nitrogen functional groups attached to an aromatic ring is 1. The maximum absolute atomic E-state index is 13.1. The monoisotopic (exact) mass is 332 g/mol. The minimum absolute atomic E-state index is 0.0639. The molecule has 4 atom stereocenters. The van der Waals surface area contributed by atoms with Crippen LogP contribution in [0.1, 0.15) is 29.4 Å². The smallest absolute Gasteiger partial charge is 0.238 e. The van der Waals surface area contributed by atoms with Crippen LogP contribution in [0.15, 0.2) is 48.5 Å². The first-order valence-corrected chi connectivity index (χ1v) is 8.43. The molecule has 4 aliphatic rings. The van der Waals surface area contributed by atoms with Crippen LogP contribution in [0.25, 0.3) is 0 Å². The molecule has 0 unspecified atom stereocenters. The number of nitrogens with zero attached hydrogens (tertiary/aromatic N) is 1. The fourth-order valence-electron chi connectivity index (χ4n) is 4.89. The zero-order valence-corrected chi connectivity index (χ0v) is 13.4. The van der Waals surface area contributed by atoms with Crippen molar-refractivity contribution in [2.24, 2.45) is 11.8 Å². The average molecular weight is 332 g/mol. The number of hydrogen-bond donors (Lipinski definition) is 1. The summed E-state index contributed by atoms with van der Waals surface area (Å²) in [5.74, 6) is -2.27. The van der Waals surface area contributed by atoms with E-state index in [2.05, 4.69) is 0 Å². The fourth-order valence-corrected chi connectivity index (χ4v) is 4.89. The van der Waals surface area contributed by atoms with Gasteiger partial charge in [-0.3, -0.25) is 14.4 Å². The highest BCUT2D eigenvalue weighted by atomic mass is 16.2. The number of hydrogen-bond acceptors (Lipinski definition) is 4. The summed E-state index contributed by atoms with van der Waals surface area (Å²) in [6.45, 7) is 0. The fraction of sp³-hybridized carbons (Fsp3) is 0.250. The molecule has 1 aliphatic heterocycles. The molecule has 2 aromatic rings. The largest absolute Gasteiger partial charge is 0.397 e. The van der Waals surface area contributed by atoms with Gasteiger partial charge in [0, 0.05) is 12.3 Å². The zero-order valence-electron chi connectivity index (χ0n) is 13.4. The van der Waals surface area contributed by atoms with Gasteiger partial charge in [0.2, 0.25) is 11.8 Å². The summed E-state index contributed by atoms with van der Waals surface area (Å²) in [5, 5.41) is 0. The number of Topliss-reactive ketones (excluding diaryl/α,β-unsaturated/α-hetero) is 1. The lowest BCUT2D eigenvalue weighted by Gasteiger charge is -2.43. The summed E-state index contributed by atoms with van der Waals surface area (Å²) in [5.41, 5.74) is 8.76. The van der Waals surface area contributed by atoms with Gasteiger partial charge in [0.05, 0.1) is 29.1 Å².